The molecular formula is C15H16F2N4O3. The van der Waals surface area contributed by atoms with Gasteiger partial charge in [-0.05, 0) is 18.2 Å². The monoisotopic (exact) mass is 338 g/mol. The largest absolute Gasteiger partial charge is 0.387 e. The fourth-order valence-electron chi connectivity index (χ4n) is 2.52. The van der Waals surface area contributed by atoms with E-state index < -0.39 is 18.2 Å². The van der Waals surface area contributed by atoms with Gasteiger partial charge in [-0.2, -0.15) is 4.98 Å². The summed E-state index contributed by atoms with van der Waals surface area (Å²) in [5.41, 5.74) is 0.335. The van der Waals surface area contributed by atoms with E-state index >= 15 is 0 Å². The second-order valence-electron chi connectivity index (χ2n) is 5.46. The van der Waals surface area contributed by atoms with Gasteiger partial charge in [-0.15, -0.1) is 0 Å². The molecule has 2 aromatic rings. The minimum Gasteiger partial charge on any atom is -0.387 e. The van der Waals surface area contributed by atoms with E-state index in [4.69, 9.17) is 9.63 Å². The number of rotatable bonds is 4. The fourth-order valence-corrected chi connectivity index (χ4v) is 2.52. The molecule has 1 amide bonds. The number of carbonyl (C=O) groups excluding carboxylic acids is 1. The van der Waals surface area contributed by atoms with Crippen molar-refractivity contribution in [3.8, 4) is 11.4 Å². The molecule has 3 rings (SSSR count). The molecule has 1 aromatic heterocycles. The van der Waals surface area contributed by atoms with Gasteiger partial charge in [0.2, 0.25) is 17.6 Å². The van der Waals surface area contributed by atoms with Crippen LogP contribution >= 0.6 is 0 Å². The Morgan fingerprint density at radius 2 is 1.96 bits per heavy atom. The van der Waals surface area contributed by atoms with Gasteiger partial charge in [0.1, 0.15) is 6.61 Å². The number of halogens is 2. The second kappa shape index (κ2) is 7.02. The van der Waals surface area contributed by atoms with Gasteiger partial charge in [0.25, 0.3) is 0 Å². The quantitative estimate of drug-likeness (QED) is 0.881. The molecule has 7 nitrogen and oxygen atoms in total. The van der Waals surface area contributed by atoms with E-state index in [0.29, 0.717) is 44.2 Å². The van der Waals surface area contributed by atoms with E-state index in [9.17, 15) is 13.6 Å². The molecule has 128 valence electrons. The first-order valence-electron chi connectivity index (χ1n) is 7.46. The summed E-state index contributed by atoms with van der Waals surface area (Å²) >= 11 is 0. The maximum Gasteiger partial charge on any atom is 0.248 e. The summed E-state index contributed by atoms with van der Waals surface area (Å²) in [4.78, 5) is 19.2. The van der Waals surface area contributed by atoms with E-state index in [1.807, 2.05) is 4.90 Å². The lowest BCUT2D eigenvalue weighted by Gasteiger charge is -2.33. The smallest absolute Gasteiger partial charge is 0.248 e. The van der Waals surface area contributed by atoms with Gasteiger partial charge in [-0.3, -0.25) is 9.69 Å². The van der Waals surface area contributed by atoms with Crippen molar-refractivity contribution in [2.45, 2.75) is 6.54 Å². The average Bonchev–Trinajstić information content (AvgIpc) is 3.06. The lowest BCUT2D eigenvalue weighted by atomic mass is 10.2. The zero-order chi connectivity index (χ0) is 17.1. The Morgan fingerprint density at radius 3 is 2.62 bits per heavy atom. The molecule has 0 saturated carbocycles. The topological polar surface area (TPSA) is 82.7 Å². The molecule has 9 heteroatoms. The molecule has 2 heterocycles. The van der Waals surface area contributed by atoms with Gasteiger partial charge in [-0.25, -0.2) is 8.78 Å². The molecule has 0 bridgehead atoms. The minimum absolute atomic E-state index is 0.193. The molecule has 1 saturated heterocycles. The number of benzene rings is 1. The predicted molar refractivity (Wildman–Crippen MR) is 78.6 cm³/mol. The van der Waals surface area contributed by atoms with Gasteiger partial charge in [-0.1, -0.05) is 5.16 Å². The number of piperazine rings is 1. The summed E-state index contributed by atoms with van der Waals surface area (Å²) in [6, 6.07) is 3.41. The third-order valence-corrected chi connectivity index (χ3v) is 3.87. The maximum atomic E-state index is 13.3. The Kier molecular flexibility index (Phi) is 4.81. The van der Waals surface area contributed by atoms with E-state index in [-0.39, 0.29) is 11.7 Å². The molecule has 0 aliphatic carbocycles. The SMILES string of the molecule is O=C(CO)N1CCN(Cc2nc(-c3ccc(F)c(F)c3)no2)CC1. The standard InChI is InChI=1S/C15H16F2N4O3/c16-11-2-1-10(7-12(11)17)15-18-13(24-19-15)8-20-3-5-21(6-4-20)14(23)9-22/h1-2,7,22H,3-6,8-9H2. The summed E-state index contributed by atoms with van der Waals surface area (Å²) < 4.78 is 31.4. The molecule has 0 atom stereocenters. The third-order valence-electron chi connectivity index (χ3n) is 3.87. The molecule has 1 fully saturated rings. The van der Waals surface area contributed by atoms with Crippen LogP contribution in [0.5, 0.6) is 0 Å². The number of hydrogen-bond acceptors (Lipinski definition) is 6. The number of amides is 1. The van der Waals surface area contributed by atoms with Gasteiger partial charge in [0.05, 0.1) is 6.54 Å². The van der Waals surface area contributed by atoms with Gasteiger partial charge in [0, 0.05) is 31.7 Å². The number of aliphatic hydroxyl groups is 1. The first-order chi connectivity index (χ1) is 11.6. The molecule has 0 spiro atoms. The van der Waals surface area contributed by atoms with Crippen molar-refractivity contribution in [1.29, 1.82) is 0 Å². The predicted octanol–water partition coefficient (Wildman–Crippen LogP) is 0.651. The van der Waals surface area contributed by atoms with Crippen LogP contribution in [0, 0.1) is 11.6 Å². The summed E-state index contributed by atoms with van der Waals surface area (Å²) in [5.74, 6) is -1.64. The molecule has 0 unspecified atom stereocenters. The first kappa shape index (κ1) is 16.5. The Bertz CT molecular complexity index is 729. The van der Waals surface area contributed by atoms with Crippen molar-refractivity contribution in [1.82, 2.24) is 19.9 Å². The summed E-state index contributed by atoms with van der Waals surface area (Å²) in [5, 5.41) is 12.6. The molecule has 1 aliphatic heterocycles. The van der Waals surface area contributed by atoms with Crippen LogP contribution < -0.4 is 0 Å². The maximum absolute atomic E-state index is 13.3. The first-order valence-corrected chi connectivity index (χ1v) is 7.46. The number of nitrogens with zero attached hydrogens (tertiary/aromatic N) is 4. The molecule has 0 radical (unpaired) electrons. The highest BCUT2D eigenvalue weighted by molar-refractivity contribution is 5.77. The van der Waals surface area contributed by atoms with Crippen LogP contribution in [-0.4, -0.2) is 63.7 Å². The lowest BCUT2D eigenvalue weighted by Crippen LogP contribution is -2.49. The lowest BCUT2D eigenvalue weighted by molar-refractivity contribution is -0.136. The Morgan fingerprint density at radius 1 is 1.21 bits per heavy atom. The van der Waals surface area contributed by atoms with Crippen LogP contribution in [0.3, 0.4) is 0 Å². The molecule has 1 aromatic carbocycles. The van der Waals surface area contributed by atoms with E-state index in [0.717, 1.165) is 12.1 Å². The third kappa shape index (κ3) is 3.57. The van der Waals surface area contributed by atoms with Crippen molar-refractivity contribution < 1.29 is 23.2 Å². The van der Waals surface area contributed by atoms with Crippen LogP contribution in [0.15, 0.2) is 22.7 Å². The number of carbonyl (C=O) groups is 1. The summed E-state index contributed by atoms with van der Waals surface area (Å²) in [6.07, 6.45) is 0. The molecule has 24 heavy (non-hydrogen) atoms. The molecule has 1 N–H and O–H groups in total. The zero-order valence-corrected chi connectivity index (χ0v) is 12.8. The average molecular weight is 338 g/mol. The highest BCUT2D eigenvalue weighted by Crippen LogP contribution is 2.19. The number of aromatic nitrogens is 2. The number of hydrogen-bond donors (Lipinski definition) is 1. The fraction of sp³-hybridized carbons (Fsp3) is 0.400. The van der Waals surface area contributed by atoms with Crippen molar-refractivity contribution >= 4 is 5.91 Å². The van der Waals surface area contributed by atoms with E-state index in [2.05, 4.69) is 10.1 Å². The van der Waals surface area contributed by atoms with Gasteiger partial charge < -0.3 is 14.5 Å². The molecular weight excluding hydrogens is 322 g/mol. The van der Waals surface area contributed by atoms with Crippen LogP contribution in [0.25, 0.3) is 11.4 Å². The van der Waals surface area contributed by atoms with Crippen molar-refractivity contribution in [2.75, 3.05) is 32.8 Å². The molecule has 1 aliphatic rings. The van der Waals surface area contributed by atoms with Gasteiger partial charge in [0.15, 0.2) is 11.6 Å². The summed E-state index contributed by atoms with van der Waals surface area (Å²) in [6.45, 7) is 2.19. The van der Waals surface area contributed by atoms with E-state index in [1.54, 1.807) is 4.90 Å². The number of aliphatic hydroxyl groups excluding tert-OH is 1. The van der Waals surface area contributed by atoms with Crippen LogP contribution in [0.2, 0.25) is 0 Å². The normalized spacial score (nSPS) is 15.7. The van der Waals surface area contributed by atoms with Crippen LogP contribution in [0.4, 0.5) is 8.78 Å². The van der Waals surface area contributed by atoms with Crippen molar-refractivity contribution in [2.24, 2.45) is 0 Å². The second-order valence-corrected chi connectivity index (χ2v) is 5.46. The van der Waals surface area contributed by atoms with Gasteiger partial charge >= 0.3 is 0 Å². The van der Waals surface area contributed by atoms with Crippen LogP contribution in [-0.2, 0) is 11.3 Å². The highest BCUT2D eigenvalue weighted by Gasteiger charge is 2.22. The van der Waals surface area contributed by atoms with Crippen LogP contribution in [0.1, 0.15) is 5.89 Å². The van der Waals surface area contributed by atoms with Crippen molar-refractivity contribution in [3.05, 3.63) is 35.7 Å². The Balaban J connectivity index is 1.61. The Labute approximate surface area is 136 Å². The minimum atomic E-state index is -0.969. The van der Waals surface area contributed by atoms with E-state index in [1.165, 1.54) is 6.07 Å². The van der Waals surface area contributed by atoms with Crippen molar-refractivity contribution in [3.63, 3.8) is 0 Å². The highest BCUT2D eigenvalue weighted by atomic mass is 19.2. The summed E-state index contributed by atoms with van der Waals surface area (Å²) in [7, 11) is 0. The Hall–Kier alpha value is -2.39. The zero-order valence-electron chi connectivity index (χ0n) is 12.8.